The van der Waals surface area contributed by atoms with E-state index in [9.17, 15) is 32.8 Å². The second-order valence-corrected chi connectivity index (χ2v) is 8.67. The standard InChI is InChI=1S/C27H27BF3NO5/c1-37-23-12-10-20(11-13-23)24(33)17-21(14-18-6-3-2-4-7-18)26(34)32-25(28(35)36)16-19-8-5-9-22(15-19)27(29,30)31/h2-13,15,21,25,35-36H,14,16-17H2,1H3,(H,32,34)/t21-,25?/m1/s1. The molecule has 194 valence electrons. The van der Waals surface area contributed by atoms with Gasteiger partial charge in [0.15, 0.2) is 5.78 Å². The van der Waals surface area contributed by atoms with Crippen molar-refractivity contribution < 1.29 is 37.5 Å². The smallest absolute Gasteiger partial charge is 0.475 e. The number of hydrogen-bond acceptors (Lipinski definition) is 5. The van der Waals surface area contributed by atoms with Gasteiger partial charge in [-0.1, -0.05) is 48.5 Å². The lowest BCUT2D eigenvalue weighted by atomic mass is 9.75. The van der Waals surface area contributed by atoms with Gasteiger partial charge in [0.05, 0.1) is 18.6 Å². The maximum Gasteiger partial charge on any atom is 0.475 e. The van der Waals surface area contributed by atoms with Crippen LogP contribution in [0.25, 0.3) is 0 Å². The Hall–Kier alpha value is -3.63. The predicted octanol–water partition coefficient (Wildman–Crippen LogP) is 3.89. The molecule has 6 nitrogen and oxygen atoms in total. The Labute approximate surface area is 213 Å². The maximum absolute atomic E-state index is 13.3. The third kappa shape index (κ3) is 8.19. The van der Waals surface area contributed by atoms with Gasteiger partial charge in [0, 0.05) is 17.9 Å². The molecule has 0 spiro atoms. The molecule has 0 aliphatic heterocycles. The monoisotopic (exact) mass is 513 g/mol. The molecule has 0 aromatic heterocycles. The Morgan fingerprint density at radius 2 is 1.57 bits per heavy atom. The van der Waals surface area contributed by atoms with Crippen LogP contribution in [0.3, 0.4) is 0 Å². The van der Waals surface area contributed by atoms with Crippen molar-refractivity contribution in [3.8, 4) is 5.75 Å². The number of hydrogen-bond donors (Lipinski definition) is 3. The van der Waals surface area contributed by atoms with Crippen LogP contribution in [-0.2, 0) is 23.8 Å². The number of amides is 1. The zero-order valence-corrected chi connectivity index (χ0v) is 20.1. The second-order valence-electron chi connectivity index (χ2n) is 8.67. The first-order valence-electron chi connectivity index (χ1n) is 11.6. The number of rotatable bonds is 11. The number of nitrogens with one attached hydrogen (secondary N) is 1. The average Bonchev–Trinajstić information content (AvgIpc) is 2.88. The largest absolute Gasteiger partial charge is 0.497 e. The molecule has 3 aromatic carbocycles. The van der Waals surface area contributed by atoms with E-state index >= 15 is 0 Å². The molecular formula is C27H27BF3NO5. The van der Waals surface area contributed by atoms with Crippen LogP contribution in [0, 0.1) is 5.92 Å². The highest BCUT2D eigenvalue weighted by Gasteiger charge is 2.33. The van der Waals surface area contributed by atoms with Crippen LogP contribution in [-0.4, -0.2) is 41.9 Å². The number of carbonyl (C=O) groups excluding carboxylic acids is 2. The summed E-state index contributed by atoms with van der Waals surface area (Å²) in [6.45, 7) is 0. The SMILES string of the molecule is COc1ccc(C(=O)C[C@@H](Cc2ccccc2)C(=O)NC(Cc2cccc(C(F)(F)F)c2)B(O)O)cc1. The molecule has 0 saturated heterocycles. The van der Waals surface area contributed by atoms with Gasteiger partial charge in [-0.15, -0.1) is 0 Å². The summed E-state index contributed by atoms with van der Waals surface area (Å²) in [6, 6.07) is 19.9. The molecule has 1 unspecified atom stereocenters. The topological polar surface area (TPSA) is 95.9 Å². The lowest BCUT2D eigenvalue weighted by Gasteiger charge is -2.23. The zero-order chi connectivity index (χ0) is 27.0. The van der Waals surface area contributed by atoms with Crippen molar-refractivity contribution >= 4 is 18.8 Å². The van der Waals surface area contributed by atoms with Gasteiger partial charge in [-0.05, 0) is 54.3 Å². The second kappa shape index (κ2) is 12.6. The van der Waals surface area contributed by atoms with E-state index in [1.165, 1.54) is 19.2 Å². The summed E-state index contributed by atoms with van der Waals surface area (Å²) >= 11 is 0. The normalized spacial score (nSPS) is 12.9. The van der Waals surface area contributed by atoms with Gasteiger partial charge in [0.1, 0.15) is 5.75 Å². The van der Waals surface area contributed by atoms with Crippen LogP contribution < -0.4 is 10.1 Å². The number of ketones is 1. The van der Waals surface area contributed by atoms with Crippen molar-refractivity contribution in [2.75, 3.05) is 7.11 Å². The number of benzene rings is 3. The van der Waals surface area contributed by atoms with Crippen molar-refractivity contribution in [3.05, 3.63) is 101 Å². The molecule has 3 N–H and O–H groups in total. The van der Waals surface area contributed by atoms with E-state index in [0.717, 1.165) is 17.7 Å². The summed E-state index contributed by atoms with van der Waals surface area (Å²) in [5.41, 5.74) is 0.468. The Kier molecular flexibility index (Phi) is 9.49. The molecule has 2 atom stereocenters. The number of alkyl halides is 3. The molecule has 0 aliphatic carbocycles. The maximum atomic E-state index is 13.3. The van der Waals surface area contributed by atoms with Crippen LogP contribution >= 0.6 is 0 Å². The highest BCUT2D eigenvalue weighted by molar-refractivity contribution is 6.43. The first kappa shape index (κ1) is 28.0. The molecule has 0 radical (unpaired) electrons. The molecule has 1 amide bonds. The predicted molar refractivity (Wildman–Crippen MR) is 133 cm³/mol. The zero-order valence-electron chi connectivity index (χ0n) is 20.1. The lowest BCUT2D eigenvalue weighted by Crippen LogP contribution is -2.50. The summed E-state index contributed by atoms with van der Waals surface area (Å²) in [6.07, 6.45) is -4.77. The van der Waals surface area contributed by atoms with Crippen molar-refractivity contribution in [2.24, 2.45) is 5.92 Å². The first-order valence-corrected chi connectivity index (χ1v) is 11.6. The third-order valence-electron chi connectivity index (χ3n) is 5.94. The van der Waals surface area contributed by atoms with E-state index in [0.29, 0.717) is 11.3 Å². The Bertz CT molecular complexity index is 1190. The van der Waals surface area contributed by atoms with Gasteiger partial charge in [0.25, 0.3) is 0 Å². The van der Waals surface area contributed by atoms with Crippen LogP contribution in [0.1, 0.15) is 33.5 Å². The van der Waals surface area contributed by atoms with Crippen LogP contribution in [0.2, 0.25) is 0 Å². The number of methoxy groups -OCH3 is 1. The Balaban J connectivity index is 1.79. The fourth-order valence-electron chi connectivity index (χ4n) is 3.93. The van der Waals surface area contributed by atoms with Gasteiger partial charge in [-0.2, -0.15) is 13.2 Å². The van der Waals surface area contributed by atoms with Crippen molar-refractivity contribution in [1.29, 1.82) is 0 Å². The molecular weight excluding hydrogens is 486 g/mol. The van der Waals surface area contributed by atoms with Crippen LogP contribution in [0.4, 0.5) is 13.2 Å². The molecule has 0 bridgehead atoms. The van der Waals surface area contributed by atoms with Gasteiger partial charge >= 0.3 is 13.3 Å². The third-order valence-corrected chi connectivity index (χ3v) is 5.94. The summed E-state index contributed by atoms with van der Waals surface area (Å²) in [5.74, 6) is -2.48. The van der Waals surface area contributed by atoms with Crippen molar-refractivity contribution in [3.63, 3.8) is 0 Å². The minimum atomic E-state index is -4.56. The number of carbonyl (C=O) groups is 2. The van der Waals surface area contributed by atoms with Crippen LogP contribution in [0.5, 0.6) is 5.75 Å². The van der Waals surface area contributed by atoms with Gasteiger partial charge < -0.3 is 20.1 Å². The molecule has 37 heavy (non-hydrogen) atoms. The van der Waals surface area contributed by atoms with Crippen molar-refractivity contribution in [2.45, 2.75) is 31.4 Å². The summed E-state index contributed by atoms with van der Waals surface area (Å²) in [7, 11) is -0.532. The van der Waals surface area contributed by atoms with E-state index in [1.807, 2.05) is 6.07 Å². The molecule has 0 fully saturated rings. The minimum Gasteiger partial charge on any atom is -0.497 e. The van der Waals surface area contributed by atoms with Gasteiger partial charge in [0.2, 0.25) is 5.91 Å². The van der Waals surface area contributed by atoms with E-state index in [-0.39, 0.29) is 30.6 Å². The van der Waals surface area contributed by atoms with Gasteiger partial charge in [-0.3, -0.25) is 9.59 Å². The fraction of sp³-hybridized carbons (Fsp3) is 0.259. The van der Waals surface area contributed by atoms with Gasteiger partial charge in [-0.25, -0.2) is 0 Å². The highest BCUT2D eigenvalue weighted by atomic mass is 19.4. The lowest BCUT2D eigenvalue weighted by molar-refractivity contribution is -0.137. The van der Waals surface area contributed by atoms with Crippen LogP contribution in [0.15, 0.2) is 78.9 Å². The molecule has 0 saturated carbocycles. The minimum absolute atomic E-state index is 0.162. The van der Waals surface area contributed by atoms with E-state index in [4.69, 9.17) is 4.74 Å². The summed E-state index contributed by atoms with van der Waals surface area (Å²) < 4.78 is 44.4. The first-order chi connectivity index (χ1) is 17.6. The van der Waals surface area contributed by atoms with E-state index in [2.05, 4.69) is 5.32 Å². The van der Waals surface area contributed by atoms with Crippen molar-refractivity contribution in [1.82, 2.24) is 5.32 Å². The molecule has 10 heteroatoms. The summed E-state index contributed by atoms with van der Waals surface area (Å²) in [5, 5.41) is 22.3. The highest BCUT2D eigenvalue weighted by Crippen LogP contribution is 2.30. The number of halogens is 3. The average molecular weight is 513 g/mol. The Morgan fingerprint density at radius 3 is 2.16 bits per heavy atom. The summed E-state index contributed by atoms with van der Waals surface area (Å²) in [4.78, 5) is 26.2. The molecule has 3 aromatic rings. The molecule has 0 aliphatic rings. The van der Waals surface area contributed by atoms with E-state index in [1.54, 1.807) is 48.5 Å². The molecule has 3 rings (SSSR count). The van der Waals surface area contributed by atoms with E-state index < -0.39 is 36.6 Å². The molecule has 0 heterocycles. The number of Topliss-reactive ketones (excluding diaryl/α,β-unsaturated/α-hetero) is 1. The Morgan fingerprint density at radius 1 is 0.919 bits per heavy atom. The number of ether oxygens (including phenoxy) is 1. The quantitative estimate of drug-likeness (QED) is 0.267. The fourth-order valence-corrected chi connectivity index (χ4v) is 3.93.